The van der Waals surface area contributed by atoms with E-state index in [-0.39, 0.29) is 0 Å². The van der Waals surface area contributed by atoms with Crippen LogP contribution < -0.4 is 0 Å². The molecule has 9 rings (SSSR count). The van der Waals surface area contributed by atoms with Gasteiger partial charge in [-0.25, -0.2) is 9.97 Å². The second kappa shape index (κ2) is 8.95. The zero-order valence-corrected chi connectivity index (χ0v) is 22.8. The third-order valence-electron chi connectivity index (χ3n) is 8.63. The van der Waals surface area contributed by atoms with Gasteiger partial charge in [-0.2, -0.15) is 0 Å². The molecule has 1 heterocycles. The molecule has 0 radical (unpaired) electrons. The zero-order chi connectivity index (χ0) is 27.6. The summed E-state index contributed by atoms with van der Waals surface area (Å²) in [6.07, 6.45) is 0. The average molecular weight is 533 g/mol. The van der Waals surface area contributed by atoms with E-state index in [1.54, 1.807) is 0 Å². The molecule has 0 unspecified atom stereocenters. The Labute approximate surface area is 243 Å². The summed E-state index contributed by atoms with van der Waals surface area (Å²) in [6, 6.07) is 51.9. The van der Waals surface area contributed by atoms with Crippen LogP contribution in [-0.4, -0.2) is 9.97 Å². The molecular formula is C40H24N2. The Morgan fingerprint density at radius 1 is 0.333 bits per heavy atom. The second-order valence-corrected chi connectivity index (χ2v) is 10.9. The number of hydrogen-bond donors (Lipinski definition) is 0. The van der Waals surface area contributed by atoms with Gasteiger partial charge in [0.1, 0.15) is 0 Å². The summed E-state index contributed by atoms with van der Waals surface area (Å²) >= 11 is 0. The molecule has 42 heavy (non-hydrogen) atoms. The number of aromatic nitrogens is 2. The topological polar surface area (TPSA) is 25.8 Å². The average Bonchev–Trinajstić information content (AvgIpc) is 3.19. The minimum absolute atomic E-state index is 0.897. The van der Waals surface area contributed by atoms with E-state index in [0.29, 0.717) is 0 Å². The molecular weight excluding hydrogens is 508 g/mol. The van der Waals surface area contributed by atoms with Crippen molar-refractivity contribution in [3.8, 4) is 55.9 Å². The van der Waals surface area contributed by atoms with Crippen molar-refractivity contribution in [3.05, 3.63) is 146 Å². The van der Waals surface area contributed by atoms with E-state index in [2.05, 4.69) is 140 Å². The third kappa shape index (κ3) is 3.33. The van der Waals surface area contributed by atoms with Crippen LogP contribution in [0.15, 0.2) is 146 Å². The van der Waals surface area contributed by atoms with Crippen LogP contribution in [0.4, 0.5) is 0 Å². The molecule has 0 aliphatic heterocycles. The monoisotopic (exact) mass is 532 g/mol. The molecule has 0 bridgehead atoms. The molecule has 0 fully saturated rings. The van der Waals surface area contributed by atoms with Crippen molar-refractivity contribution >= 4 is 32.6 Å². The SMILES string of the molecule is c1ccc(-c2nc3ccc4ccccc4c3nc2-c2ccc3c4c(cccc24)-c2ccccc2-c2ccccc2-3)cc1. The van der Waals surface area contributed by atoms with Crippen molar-refractivity contribution in [1.82, 2.24) is 9.97 Å². The van der Waals surface area contributed by atoms with Crippen molar-refractivity contribution in [2.24, 2.45) is 0 Å². The van der Waals surface area contributed by atoms with Gasteiger partial charge in [0, 0.05) is 16.5 Å². The summed E-state index contributed by atoms with van der Waals surface area (Å²) in [7, 11) is 0. The molecule has 0 spiro atoms. The van der Waals surface area contributed by atoms with Gasteiger partial charge in [-0.15, -0.1) is 0 Å². The Morgan fingerprint density at radius 3 is 1.67 bits per heavy atom. The number of fused-ring (bicyclic) bond motifs is 8. The molecule has 194 valence electrons. The lowest BCUT2D eigenvalue weighted by Crippen LogP contribution is -1.97. The summed E-state index contributed by atoms with van der Waals surface area (Å²) in [6.45, 7) is 0. The summed E-state index contributed by atoms with van der Waals surface area (Å²) in [5.41, 5.74) is 13.3. The van der Waals surface area contributed by atoms with Crippen molar-refractivity contribution in [2.75, 3.05) is 0 Å². The van der Waals surface area contributed by atoms with E-state index in [4.69, 9.17) is 9.97 Å². The maximum Gasteiger partial charge on any atom is 0.0979 e. The summed E-state index contributed by atoms with van der Waals surface area (Å²) in [5, 5.41) is 4.72. The Bertz CT molecular complexity index is 2300. The lowest BCUT2D eigenvalue weighted by Gasteiger charge is -2.17. The molecule has 7 aromatic carbocycles. The van der Waals surface area contributed by atoms with Gasteiger partial charge in [-0.05, 0) is 55.6 Å². The van der Waals surface area contributed by atoms with Gasteiger partial charge in [0.15, 0.2) is 0 Å². The first-order chi connectivity index (χ1) is 20.8. The predicted molar refractivity (Wildman–Crippen MR) is 175 cm³/mol. The minimum Gasteiger partial charge on any atom is -0.244 e. The van der Waals surface area contributed by atoms with Crippen LogP contribution in [0.5, 0.6) is 0 Å². The molecule has 2 heteroatoms. The summed E-state index contributed by atoms with van der Waals surface area (Å²) < 4.78 is 0. The molecule has 0 amide bonds. The van der Waals surface area contributed by atoms with Crippen LogP contribution in [0.1, 0.15) is 0 Å². The Kier molecular flexibility index (Phi) is 4.93. The van der Waals surface area contributed by atoms with E-state index in [1.165, 1.54) is 49.5 Å². The molecule has 0 saturated carbocycles. The number of benzene rings is 7. The lowest BCUT2D eigenvalue weighted by atomic mass is 9.89. The number of hydrogen-bond acceptors (Lipinski definition) is 2. The summed E-state index contributed by atoms with van der Waals surface area (Å²) in [4.78, 5) is 10.7. The van der Waals surface area contributed by atoms with Crippen molar-refractivity contribution in [2.45, 2.75) is 0 Å². The fourth-order valence-electron chi connectivity index (χ4n) is 6.74. The van der Waals surface area contributed by atoms with E-state index in [1.807, 2.05) is 6.07 Å². The second-order valence-electron chi connectivity index (χ2n) is 10.9. The third-order valence-corrected chi connectivity index (χ3v) is 8.63. The highest BCUT2D eigenvalue weighted by Crippen LogP contribution is 2.49. The molecule has 0 saturated heterocycles. The van der Waals surface area contributed by atoms with E-state index < -0.39 is 0 Å². The standard InChI is InChI=1S/C40H24N2/c1-2-12-26(13-3-1)38-40(42-39-27-14-5-4-11-25(27)21-24-36(39)41-38)35-23-22-34-31-18-9-7-16-29(31)28-15-6-8-17-30(28)32-19-10-20-33(35)37(32)34/h1-24H. The first kappa shape index (κ1) is 23.1. The summed E-state index contributed by atoms with van der Waals surface area (Å²) in [5.74, 6) is 0. The molecule has 1 aromatic heterocycles. The molecule has 2 nitrogen and oxygen atoms in total. The Balaban J connectivity index is 1.43. The van der Waals surface area contributed by atoms with Crippen LogP contribution in [-0.2, 0) is 0 Å². The first-order valence-electron chi connectivity index (χ1n) is 14.4. The van der Waals surface area contributed by atoms with Gasteiger partial charge in [0.25, 0.3) is 0 Å². The van der Waals surface area contributed by atoms with Gasteiger partial charge < -0.3 is 0 Å². The van der Waals surface area contributed by atoms with Gasteiger partial charge in [0.2, 0.25) is 0 Å². The number of nitrogens with zero attached hydrogens (tertiary/aromatic N) is 2. The molecule has 1 aliphatic rings. The van der Waals surface area contributed by atoms with E-state index >= 15 is 0 Å². The largest absolute Gasteiger partial charge is 0.244 e. The van der Waals surface area contributed by atoms with E-state index in [9.17, 15) is 0 Å². The lowest BCUT2D eigenvalue weighted by molar-refractivity contribution is 1.30. The maximum absolute atomic E-state index is 5.45. The van der Waals surface area contributed by atoms with Crippen molar-refractivity contribution in [1.29, 1.82) is 0 Å². The molecule has 1 aliphatic carbocycles. The van der Waals surface area contributed by atoms with Gasteiger partial charge >= 0.3 is 0 Å². The fourth-order valence-corrected chi connectivity index (χ4v) is 6.74. The van der Waals surface area contributed by atoms with Gasteiger partial charge in [-0.1, -0.05) is 140 Å². The fraction of sp³-hybridized carbons (Fsp3) is 0. The Morgan fingerprint density at radius 2 is 0.905 bits per heavy atom. The van der Waals surface area contributed by atoms with Crippen molar-refractivity contribution in [3.63, 3.8) is 0 Å². The normalized spacial score (nSPS) is 11.8. The maximum atomic E-state index is 5.45. The first-order valence-corrected chi connectivity index (χ1v) is 14.4. The quantitative estimate of drug-likeness (QED) is 0.207. The molecule has 0 atom stereocenters. The van der Waals surface area contributed by atoms with Crippen LogP contribution in [0.3, 0.4) is 0 Å². The van der Waals surface area contributed by atoms with Crippen LogP contribution in [0.25, 0.3) is 88.5 Å². The van der Waals surface area contributed by atoms with Crippen LogP contribution in [0.2, 0.25) is 0 Å². The number of rotatable bonds is 2. The van der Waals surface area contributed by atoms with Gasteiger partial charge in [0.05, 0.1) is 22.4 Å². The Hall–Kier alpha value is -5.60. The predicted octanol–water partition coefficient (Wildman–Crippen LogP) is 10.6. The van der Waals surface area contributed by atoms with Crippen molar-refractivity contribution < 1.29 is 0 Å². The van der Waals surface area contributed by atoms with E-state index in [0.717, 1.165) is 38.9 Å². The zero-order valence-electron chi connectivity index (χ0n) is 22.8. The highest BCUT2D eigenvalue weighted by Gasteiger charge is 2.24. The van der Waals surface area contributed by atoms with Crippen LogP contribution in [0, 0.1) is 0 Å². The molecule has 8 aromatic rings. The smallest absolute Gasteiger partial charge is 0.0979 e. The van der Waals surface area contributed by atoms with Crippen LogP contribution >= 0.6 is 0 Å². The highest BCUT2D eigenvalue weighted by atomic mass is 14.8. The van der Waals surface area contributed by atoms with Gasteiger partial charge in [-0.3, -0.25) is 0 Å². The molecule has 0 N–H and O–H groups in total. The highest BCUT2D eigenvalue weighted by molar-refractivity contribution is 6.17. The minimum atomic E-state index is 0.897.